The van der Waals surface area contributed by atoms with Crippen LogP contribution in [0.2, 0.25) is 0 Å². The second kappa shape index (κ2) is 5.36. The van der Waals surface area contributed by atoms with E-state index in [0.717, 1.165) is 17.0 Å². The van der Waals surface area contributed by atoms with Gasteiger partial charge in [0.25, 0.3) is 0 Å². The molecule has 0 amide bonds. The van der Waals surface area contributed by atoms with Crippen LogP contribution in [0.15, 0.2) is 37.1 Å². The zero-order valence-electron chi connectivity index (χ0n) is 9.79. The van der Waals surface area contributed by atoms with E-state index in [-0.39, 0.29) is 6.04 Å². The Kier molecular flexibility index (Phi) is 3.62. The Balaban J connectivity index is 2.42. The van der Waals surface area contributed by atoms with Crippen LogP contribution in [0.3, 0.4) is 0 Å². The Morgan fingerprint density at radius 3 is 2.71 bits per heavy atom. The summed E-state index contributed by atoms with van der Waals surface area (Å²) in [5, 5.41) is 3.19. The largest absolute Gasteiger partial charge is 0.495 e. The van der Waals surface area contributed by atoms with Gasteiger partial charge in [0.1, 0.15) is 17.8 Å². The molecule has 1 N–H and O–H groups in total. The number of pyridine rings is 1. The van der Waals surface area contributed by atoms with E-state index in [9.17, 15) is 0 Å². The van der Waals surface area contributed by atoms with Crippen molar-refractivity contribution in [2.75, 3.05) is 14.2 Å². The fraction of sp³-hybridized carbons (Fsp3) is 0.250. The van der Waals surface area contributed by atoms with Gasteiger partial charge in [0.05, 0.1) is 13.2 Å². The average Bonchev–Trinajstić information content (AvgIpc) is 2.41. The summed E-state index contributed by atoms with van der Waals surface area (Å²) in [5.41, 5.74) is 1.78. The average molecular weight is 230 g/mol. The topological polar surface area (TPSA) is 59.9 Å². The van der Waals surface area contributed by atoms with Crippen molar-refractivity contribution in [3.05, 3.63) is 48.3 Å². The Morgan fingerprint density at radius 1 is 1.29 bits per heavy atom. The molecule has 5 heteroatoms. The van der Waals surface area contributed by atoms with Gasteiger partial charge in [-0.25, -0.2) is 9.97 Å². The highest BCUT2D eigenvalue weighted by molar-refractivity contribution is 5.35. The molecule has 2 rings (SSSR count). The number of aromatic nitrogens is 3. The van der Waals surface area contributed by atoms with Gasteiger partial charge < -0.3 is 10.1 Å². The summed E-state index contributed by atoms with van der Waals surface area (Å²) in [5.74, 6) is 0.746. The van der Waals surface area contributed by atoms with E-state index in [1.807, 2.05) is 19.2 Å². The maximum Gasteiger partial charge on any atom is 0.142 e. The fourth-order valence-electron chi connectivity index (χ4n) is 1.71. The van der Waals surface area contributed by atoms with Gasteiger partial charge in [-0.15, -0.1) is 0 Å². The summed E-state index contributed by atoms with van der Waals surface area (Å²) >= 11 is 0. The molecule has 2 aromatic heterocycles. The molecule has 0 aliphatic heterocycles. The molecule has 0 aliphatic carbocycles. The molecule has 1 atom stereocenters. The predicted octanol–water partition coefficient (Wildman–Crippen LogP) is 1.19. The van der Waals surface area contributed by atoms with Gasteiger partial charge in [0.2, 0.25) is 0 Å². The van der Waals surface area contributed by atoms with Crippen molar-refractivity contribution in [3.63, 3.8) is 0 Å². The highest BCUT2D eigenvalue weighted by Crippen LogP contribution is 2.26. The number of rotatable bonds is 4. The molecule has 1 unspecified atom stereocenters. The summed E-state index contributed by atoms with van der Waals surface area (Å²) in [7, 11) is 3.50. The second-order valence-electron chi connectivity index (χ2n) is 3.48. The lowest BCUT2D eigenvalue weighted by Crippen LogP contribution is -2.20. The van der Waals surface area contributed by atoms with Gasteiger partial charge in [-0.05, 0) is 19.2 Å². The molecule has 2 heterocycles. The van der Waals surface area contributed by atoms with Gasteiger partial charge in [-0.3, -0.25) is 4.98 Å². The molecule has 0 saturated heterocycles. The van der Waals surface area contributed by atoms with Crippen molar-refractivity contribution in [1.29, 1.82) is 0 Å². The number of ether oxygens (including phenoxy) is 1. The Labute approximate surface area is 99.9 Å². The Bertz CT molecular complexity index is 475. The highest BCUT2D eigenvalue weighted by atomic mass is 16.5. The Hall–Kier alpha value is -2.01. The van der Waals surface area contributed by atoms with Crippen molar-refractivity contribution in [1.82, 2.24) is 20.3 Å². The number of nitrogens with one attached hydrogen (secondary N) is 1. The third-order valence-electron chi connectivity index (χ3n) is 2.50. The highest BCUT2D eigenvalue weighted by Gasteiger charge is 2.17. The molecule has 0 radical (unpaired) electrons. The van der Waals surface area contributed by atoms with Gasteiger partial charge in [-0.2, -0.15) is 0 Å². The molecule has 5 nitrogen and oxygen atoms in total. The van der Waals surface area contributed by atoms with Gasteiger partial charge in [0.15, 0.2) is 0 Å². The molecular formula is C12H14N4O. The van der Waals surface area contributed by atoms with Crippen molar-refractivity contribution in [3.8, 4) is 5.75 Å². The number of methoxy groups -OCH3 is 1. The molecule has 0 spiro atoms. The van der Waals surface area contributed by atoms with Crippen LogP contribution in [0.5, 0.6) is 5.75 Å². The van der Waals surface area contributed by atoms with E-state index in [4.69, 9.17) is 4.74 Å². The van der Waals surface area contributed by atoms with Crippen molar-refractivity contribution in [2.24, 2.45) is 0 Å². The quantitative estimate of drug-likeness (QED) is 0.855. The van der Waals surface area contributed by atoms with Crippen LogP contribution >= 0.6 is 0 Å². The minimum Gasteiger partial charge on any atom is -0.495 e. The van der Waals surface area contributed by atoms with Gasteiger partial charge in [0, 0.05) is 24.2 Å². The standard InChI is InChI=1S/C12H14N4O/c1-13-11(9-6-14-8-15-7-9)12-10(17-2)4-3-5-16-12/h3-8,11,13H,1-2H3. The molecule has 88 valence electrons. The lowest BCUT2D eigenvalue weighted by Gasteiger charge is -2.17. The van der Waals surface area contributed by atoms with Crippen molar-refractivity contribution < 1.29 is 4.74 Å². The van der Waals surface area contributed by atoms with E-state index in [0.29, 0.717) is 0 Å². The van der Waals surface area contributed by atoms with Crippen LogP contribution in [0, 0.1) is 0 Å². The fourth-order valence-corrected chi connectivity index (χ4v) is 1.71. The number of nitrogens with zero attached hydrogens (tertiary/aromatic N) is 3. The predicted molar refractivity (Wildman–Crippen MR) is 63.7 cm³/mol. The van der Waals surface area contributed by atoms with Crippen molar-refractivity contribution in [2.45, 2.75) is 6.04 Å². The van der Waals surface area contributed by atoms with Crippen LogP contribution in [-0.4, -0.2) is 29.1 Å². The van der Waals surface area contributed by atoms with E-state index >= 15 is 0 Å². The van der Waals surface area contributed by atoms with Gasteiger partial charge >= 0.3 is 0 Å². The SMILES string of the molecule is CNC(c1cncnc1)c1ncccc1OC. The molecule has 17 heavy (non-hydrogen) atoms. The van der Waals surface area contributed by atoms with Crippen LogP contribution in [0.4, 0.5) is 0 Å². The lowest BCUT2D eigenvalue weighted by molar-refractivity contribution is 0.401. The van der Waals surface area contributed by atoms with Crippen LogP contribution in [0.25, 0.3) is 0 Å². The van der Waals surface area contributed by atoms with Crippen LogP contribution in [-0.2, 0) is 0 Å². The summed E-state index contributed by atoms with van der Waals surface area (Å²) in [4.78, 5) is 12.4. The van der Waals surface area contributed by atoms with E-state index in [1.165, 1.54) is 6.33 Å². The minimum absolute atomic E-state index is 0.0765. The maximum absolute atomic E-state index is 5.31. The van der Waals surface area contributed by atoms with E-state index in [2.05, 4.69) is 20.3 Å². The Morgan fingerprint density at radius 2 is 2.06 bits per heavy atom. The minimum atomic E-state index is -0.0765. The normalized spacial score (nSPS) is 12.1. The first kappa shape index (κ1) is 11.5. The van der Waals surface area contributed by atoms with Crippen molar-refractivity contribution >= 4 is 0 Å². The maximum atomic E-state index is 5.31. The van der Waals surface area contributed by atoms with Crippen LogP contribution in [0.1, 0.15) is 17.3 Å². The summed E-state index contributed by atoms with van der Waals surface area (Å²) in [6.45, 7) is 0. The third kappa shape index (κ3) is 2.39. The summed E-state index contributed by atoms with van der Waals surface area (Å²) < 4.78 is 5.31. The monoisotopic (exact) mass is 230 g/mol. The first-order valence-electron chi connectivity index (χ1n) is 5.28. The zero-order chi connectivity index (χ0) is 12.1. The molecule has 0 aromatic carbocycles. The lowest BCUT2D eigenvalue weighted by atomic mass is 10.1. The summed E-state index contributed by atoms with van der Waals surface area (Å²) in [6.07, 6.45) is 6.78. The molecule has 2 aromatic rings. The molecular weight excluding hydrogens is 216 g/mol. The number of hydrogen-bond acceptors (Lipinski definition) is 5. The smallest absolute Gasteiger partial charge is 0.142 e. The third-order valence-corrected chi connectivity index (χ3v) is 2.50. The van der Waals surface area contributed by atoms with Crippen LogP contribution < -0.4 is 10.1 Å². The molecule has 0 fully saturated rings. The first-order chi connectivity index (χ1) is 8.36. The molecule has 0 saturated carbocycles. The first-order valence-corrected chi connectivity index (χ1v) is 5.28. The second-order valence-corrected chi connectivity index (χ2v) is 3.48. The number of hydrogen-bond donors (Lipinski definition) is 1. The van der Waals surface area contributed by atoms with E-state index in [1.54, 1.807) is 25.7 Å². The summed E-state index contributed by atoms with van der Waals surface area (Å²) in [6, 6.07) is 3.65. The molecule has 0 aliphatic rings. The molecule has 0 bridgehead atoms. The zero-order valence-corrected chi connectivity index (χ0v) is 9.79. The van der Waals surface area contributed by atoms with Gasteiger partial charge in [-0.1, -0.05) is 0 Å². The van der Waals surface area contributed by atoms with E-state index < -0.39 is 0 Å².